The molecule has 1 rings (SSSR count). The highest BCUT2D eigenvalue weighted by Gasteiger charge is 1.97. The van der Waals surface area contributed by atoms with Gasteiger partial charge in [0.05, 0.1) is 0 Å². The number of halogens is 1. The summed E-state index contributed by atoms with van der Waals surface area (Å²) in [6.07, 6.45) is 24.2. The molecular formula is C21H38BrN. The van der Waals surface area contributed by atoms with Crippen molar-refractivity contribution in [2.45, 2.75) is 96.8 Å². The number of nitrogens with zero attached hydrogens (tertiary/aromatic N) is 1. The topological polar surface area (TPSA) is 3.88 Å². The Morgan fingerprint density at radius 1 is 0.652 bits per heavy atom. The van der Waals surface area contributed by atoms with Gasteiger partial charge in [0.2, 0.25) is 0 Å². The Morgan fingerprint density at radius 3 is 1.48 bits per heavy atom. The van der Waals surface area contributed by atoms with Crippen LogP contribution in [0, 0.1) is 0 Å². The van der Waals surface area contributed by atoms with Gasteiger partial charge in [-0.05, 0) is 18.4 Å². The van der Waals surface area contributed by atoms with E-state index in [-0.39, 0.29) is 17.0 Å². The molecule has 0 amide bonds. The Balaban J connectivity index is 0.00000484. The molecule has 0 atom stereocenters. The lowest BCUT2D eigenvalue weighted by Gasteiger charge is -2.03. The van der Waals surface area contributed by atoms with Gasteiger partial charge < -0.3 is 17.0 Å². The van der Waals surface area contributed by atoms with Crippen molar-refractivity contribution in [3.63, 3.8) is 0 Å². The second kappa shape index (κ2) is 16.5. The van der Waals surface area contributed by atoms with Gasteiger partial charge in [0.15, 0.2) is 12.4 Å². The molecule has 0 bridgehead atoms. The standard InChI is InChI=1S/C21H38N.BrH/c1-3-4-5-6-7-8-9-10-11-12-13-14-15-16-21-17-19-22(2)20-18-21;/h17-20H,3-16H2,1-2H3;1H/q+1;/p-1. The first-order valence-corrected chi connectivity index (χ1v) is 9.77. The maximum absolute atomic E-state index is 2.29. The first-order chi connectivity index (χ1) is 10.8. The summed E-state index contributed by atoms with van der Waals surface area (Å²) in [5, 5.41) is 0. The van der Waals surface area contributed by atoms with E-state index in [0.717, 1.165) is 0 Å². The normalized spacial score (nSPS) is 10.5. The molecule has 0 saturated heterocycles. The van der Waals surface area contributed by atoms with Gasteiger partial charge >= 0.3 is 0 Å². The van der Waals surface area contributed by atoms with Gasteiger partial charge in [-0.25, -0.2) is 4.57 Å². The van der Waals surface area contributed by atoms with Crippen LogP contribution in [0.4, 0.5) is 0 Å². The van der Waals surface area contributed by atoms with Gasteiger partial charge in [0.25, 0.3) is 0 Å². The quantitative estimate of drug-likeness (QED) is 0.343. The average molecular weight is 384 g/mol. The Kier molecular flexibility index (Phi) is 16.2. The van der Waals surface area contributed by atoms with Crippen LogP contribution < -0.4 is 21.5 Å². The Bertz CT molecular complexity index is 347. The van der Waals surface area contributed by atoms with Crippen molar-refractivity contribution in [2.75, 3.05) is 0 Å². The average Bonchev–Trinajstić information content (AvgIpc) is 2.53. The molecule has 0 aliphatic carbocycles. The number of aryl methyl sites for hydroxylation is 2. The van der Waals surface area contributed by atoms with Crippen molar-refractivity contribution in [1.82, 2.24) is 0 Å². The van der Waals surface area contributed by atoms with E-state index in [1.54, 1.807) is 0 Å². The fourth-order valence-corrected chi connectivity index (χ4v) is 3.05. The van der Waals surface area contributed by atoms with Crippen molar-refractivity contribution < 1.29 is 21.5 Å². The predicted octanol–water partition coefficient (Wildman–Crippen LogP) is 3.15. The molecular weight excluding hydrogens is 346 g/mol. The molecule has 0 aliphatic heterocycles. The lowest BCUT2D eigenvalue weighted by atomic mass is 10.0. The molecule has 0 spiro atoms. The molecule has 0 aromatic carbocycles. The third-order valence-electron chi connectivity index (χ3n) is 4.62. The van der Waals surface area contributed by atoms with E-state index < -0.39 is 0 Å². The summed E-state index contributed by atoms with van der Waals surface area (Å²) in [4.78, 5) is 0. The number of pyridine rings is 1. The summed E-state index contributed by atoms with van der Waals surface area (Å²) >= 11 is 0. The van der Waals surface area contributed by atoms with Gasteiger partial charge in [-0.1, -0.05) is 84.0 Å². The highest BCUT2D eigenvalue weighted by Crippen LogP contribution is 2.13. The van der Waals surface area contributed by atoms with E-state index in [1.165, 1.54) is 95.5 Å². The molecule has 23 heavy (non-hydrogen) atoms. The molecule has 134 valence electrons. The summed E-state index contributed by atoms with van der Waals surface area (Å²) in [6.45, 7) is 2.29. The third-order valence-corrected chi connectivity index (χ3v) is 4.62. The second-order valence-electron chi connectivity index (χ2n) is 6.86. The van der Waals surface area contributed by atoms with Crippen molar-refractivity contribution in [1.29, 1.82) is 0 Å². The zero-order valence-corrected chi connectivity index (χ0v) is 17.1. The van der Waals surface area contributed by atoms with Gasteiger partial charge in [0, 0.05) is 12.1 Å². The van der Waals surface area contributed by atoms with Crippen LogP contribution in [0.15, 0.2) is 24.5 Å². The smallest absolute Gasteiger partial charge is 0.168 e. The van der Waals surface area contributed by atoms with Crippen LogP contribution in [0.1, 0.15) is 96.0 Å². The molecule has 0 saturated carbocycles. The zero-order valence-electron chi connectivity index (χ0n) is 15.5. The molecule has 0 N–H and O–H groups in total. The van der Waals surface area contributed by atoms with E-state index in [0.29, 0.717) is 0 Å². The molecule has 0 unspecified atom stereocenters. The largest absolute Gasteiger partial charge is 1.00 e. The van der Waals surface area contributed by atoms with Crippen LogP contribution in [0.25, 0.3) is 0 Å². The highest BCUT2D eigenvalue weighted by molar-refractivity contribution is 5.06. The van der Waals surface area contributed by atoms with Crippen LogP contribution in [-0.4, -0.2) is 0 Å². The van der Waals surface area contributed by atoms with E-state index in [4.69, 9.17) is 0 Å². The molecule has 1 aromatic rings. The number of aromatic nitrogens is 1. The van der Waals surface area contributed by atoms with Crippen LogP contribution in [0.2, 0.25) is 0 Å². The Hall–Kier alpha value is -0.370. The minimum Gasteiger partial charge on any atom is -1.00 e. The predicted molar refractivity (Wildman–Crippen MR) is 97.0 cm³/mol. The van der Waals surface area contributed by atoms with Crippen molar-refractivity contribution in [2.24, 2.45) is 7.05 Å². The van der Waals surface area contributed by atoms with Crippen LogP contribution in [-0.2, 0) is 13.5 Å². The summed E-state index contributed by atoms with van der Waals surface area (Å²) in [5.41, 5.74) is 1.49. The van der Waals surface area contributed by atoms with Gasteiger partial charge in [-0.3, -0.25) is 0 Å². The summed E-state index contributed by atoms with van der Waals surface area (Å²) < 4.78 is 2.10. The molecule has 1 nitrogen and oxygen atoms in total. The maximum Gasteiger partial charge on any atom is 0.168 e. The van der Waals surface area contributed by atoms with Crippen molar-refractivity contribution in [3.8, 4) is 0 Å². The second-order valence-corrected chi connectivity index (χ2v) is 6.86. The van der Waals surface area contributed by atoms with E-state index in [1.807, 2.05) is 0 Å². The summed E-state index contributed by atoms with van der Waals surface area (Å²) in [5.74, 6) is 0. The van der Waals surface area contributed by atoms with E-state index in [2.05, 4.69) is 43.1 Å². The van der Waals surface area contributed by atoms with Gasteiger partial charge in [-0.2, -0.15) is 0 Å². The van der Waals surface area contributed by atoms with Crippen LogP contribution in [0.5, 0.6) is 0 Å². The molecule has 0 aliphatic rings. The highest BCUT2D eigenvalue weighted by atomic mass is 79.9. The molecule has 1 heterocycles. The number of hydrogen-bond donors (Lipinski definition) is 0. The number of hydrogen-bond acceptors (Lipinski definition) is 0. The SMILES string of the molecule is CCCCCCCCCCCCCCCc1cc[n+](C)cc1.[Br-]. The fourth-order valence-electron chi connectivity index (χ4n) is 3.05. The van der Waals surface area contributed by atoms with E-state index in [9.17, 15) is 0 Å². The van der Waals surface area contributed by atoms with Gasteiger partial charge in [0.1, 0.15) is 7.05 Å². The Labute approximate surface area is 155 Å². The Morgan fingerprint density at radius 2 is 1.04 bits per heavy atom. The first kappa shape index (κ1) is 22.6. The fraction of sp³-hybridized carbons (Fsp3) is 0.762. The lowest BCUT2D eigenvalue weighted by molar-refractivity contribution is -0.671. The lowest BCUT2D eigenvalue weighted by Crippen LogP contribution is -3.00. The number of unbranched alkanes of at least 4 members (excludes halogenated alkanes) is 12. The summed E-state index contributed by atoms with van der Waals surface area (Å²) in [7, 11) is 2.08. The third kappa shape index (κ3) is 13.7. The van der Waals surface area contributed by atoms with E-state index >= 15 is 0 Å². The van der Waals surface area contributed by atoms with Crippen LogP contribution >= 0.6 is 0 Å². The molecule has 0 fully saturated rings. The minimum atomic E-state index is 0. The minimum absolute atomic E-state index is 0. The number of rotatable bonds is 14. The molecule has 2 heteroatoms. The monoisotopic (exact) mass is 383 g/mol. The molecule has 0 radical (unpaired) electrons. The summed E-state index contributed by atoms with van der Waals surface area (Å²) in [6, 6.07) is 4.50. The van der Waals surface area contributed by atoms with Crippen molar-refractivity contribution >= 4 is 0 Å². The zero-order chi connectivity index (χ0) is 15.9. The van der Waals surface area contributed by atoms with Gasteiger partial charge in [-0.15, -0.1) is 0 Å². The maximum atomic E-state index is 2.29. The van der Waals surface area contributed by atoms with Crippen LogP contribution in [0.3, 0.4) is 0 Å². The molecule has 1 aromatic heterocycles. The first-order valence-electron chi connectivity index (χ1n) is 9.77. The van der Waals surface area contributed by atoms with Crippen molar-refractivity contribution in [3.05, 3.63) is 30.1 Å².